The van der Waals surface area contributed by atoms with E-state index in [1.807, 2.05) is 13.8 Å². The molecule has 0 unspecified atom stereocenters. The normalized spacial score (nSPS) is 11.8. The Morgan fingerprint density at radius 1 is 1.13 bits per heavy atom. The molecule has 1 rings (SSSR count). The number of rotatable bonds is 9. The number of amides is 2. The summed E-state index contributed by atoms with van der Waals surface area (Å²) in [4.78, 5) is 23.7. The zero-order valence-electron chi connectivity index (χ0n) is 14.1. The lowest BCUT2D eigenvalue weighted by Gasteiger charge is -2.13. The molecule has 1 aromatic rings. The molecule has 0 spiro atoms. The third kappa shape index (κ3) is 7.61. The molecule has 0 aliphatic rings. The van der Waals surface area contributed by atoms with Gasteiger partial charge in [0.15, 0.2) is 0 Å². The van der Waals surface area contributed by atoms with Gasteiger partial charge < -0.3 is 15.4 Å². The van der Waals surface area contributed by atoms with Crippen molar-refractivity contribution in [1.82, 2.24) is 0 Å². The number of hydrogen-bond donors (Lipinski definition) is 2. The predicted octanol–water partition coefficient (Wildman–Crippen LogP) is 3.59. The minimum Gasteiger partial charge on any atom is -0.368 e. The average molecular weight is 318 g/mol. The van der Waals surface area contributed by atoms with Crippen molar-refractivity contribution in [3.05, 3.63) is 36.9 Å². The molecule has 5 nitrogen and oxygen atoms in total. The molecular formula is C18H26N2O3. The van der Waals surface area contributed by atoms with E-state index in [0.717, 1.165) is 0 Å². The Bertz CT molecular complexity index is 524. The Labute approximate surface area is 138 Å². The summed E-state index contributed by atoms with van der Waals surface area (Å²) in [6.07, 6.45) is 2.41. The molecule has 0 fully saturated rings. The first kappa shape index (κ1) is 18.9. The monoisotopic (exact) mass is 318 g/mol. The first-order valence-electron chi connectivity index (χ1n) is 7.85. The number of hydrogen-bond acceptors (Lipinski definition) is 3. The smallest absolute Gasteiger partial charge is 0.253 e. The number of anilines is 2. The van der Waals surface area contributed by atoms with Crippen LogP contribution in [0.2, 0.25) is 0 Å². The van der Waals surface area contributed by atoms with Gasteiger partial charge in [0.1, 0.15) is 6.10 Å². The second-order valence-corrected chi connectivity index (χ2v) is 5.80. The fraction of sp³-hybridized carbons (Fsp3) is 0.444. The van der Waals surface area contributed by atoms with Gasteiger partial charge in [-0.2, -0.15) is 0 Å². The highest BCUT2D eigenvalue weighted by Crippen LogP contribution is 2.15. The second-order valence-electron chi connectivity index (χ2n) is 5.80. The second kappa shape index (κ2) is 9.79. The van der Waals surface area contributed by atoms with E-state index in [4.69, 9.17) is 4.74 Å². The zero-order chi connectivity index (χ0) is 17.2. The van der Waals surface area contributed by atoms with Crippen molar-refractivity contribution in [2.75, 3.05) is 17.2 Å². The molecule has 2 N–H and O–H groups in total. The number of benzene rings is 1. The van der Waals surface area contributed by atoms with Crippen molar-refractivity contribution in [2.45, 2.75) is 39.7 Å². The predicted molar refractivity (Wildman–Crippen MR) is 93.4 cm³/mol. The van der Waals surface area contributed by atoms with Crippen LogP contribution in [0, 0.1) is 5.92 Å². The molecule has 5 heteroatoms. The largest absolute Gasteiger partial charge is 0.368 e. The average Bonchev–Trinajstić information content (AvgIpc) is 2.48. The van der Waals surface area contributed by atoms with E-state index in [1.165, 1.54) is 0 Å². The number of ether oxygens (including phenoxy) is 1. The van der Waals surface area contributed by atoms with Gasteiger partial charge in [-0.1, -0.05) is 19.9 Å². The summed E-state index contributed by atoms with van der Waals surface area (Å²) in [5.74, 6) is 0.0998. The minimum absolute atomic E-state index is 0.0129. The van der Waals surface area contributed by atoms with E-state index in [9.17, 15) is 9.59 Å². The van der Waals surface area contributed by atoms with Crippen LogP contribution >= 0.6 is 0 Å². The molecule has 0 aromatic heterocycles. The molecule has 0 aliphatic carbocycles. The van der Waals surface area contributed by atoms with Gasteiger partial charge in [-0.05, 0) is 43.5 Å². The van der Waals surface area contributed by atoms with E-state index in [2.05, 4.69) is 17.2 Å². The van der Waals surface area contributed by atoms with E-state index >= 15 is 0 Å². The van der Waals surface area contributed by atoms with Crippen LogP contribution in [0.4, 0.5) is 11.4 Å². The van der Waals surface area contributed by atoms with Crippen LogP contribution in [0.1, 0.15) is 33.6 Å². The molecule has 126 valence electrons. The van der Waals surface area contributed by atoms with E-state index < -0.39 is 6.10 Å². The van der Waals surface area contributed by atoms with Gasteiger partial charge in [0.2, 0.25) is 5.91 Å². The highest BCUT2D eigenvalue weighted by Gasteiger charge is 2.13. The van der Waals surface area contributed by atoms with Gasteiger partial charge in [0.25, 0.3) is 5.91 Å². The SMILES string of the molecule is C=CCCO[C@@H](C)C(=O)Nc1ccc(NC(=O)CC(C)C)cc1. The summed E-state index contributed by atoms with van der Waals surface area (Å²) in [6.45, 7) is 9.78. The van der Waals surface area contributed by atoms with Crippen LogP contribution in [0.25, 0.3) is 0 Å². The Morgan fingerprint density at radius 3 is 2.22 bits per heavy atom. The van der Waals surface area contributed by atoms with Gasteiger partial charge in [0.05, 0.1) is 6.61 Å². The molecule has 1 atom stereocenters. The summed E-state index contributed by atoms with van der Waals surface area (Å²) < 4.78 is 5.39. The molecule has 2 amide bonds. The quantitative estimate of drug-likeness (QED) is 0.540. The van der Waals surface area contributed by atoms with E-state index in [0.29, 0.717) is 36.7 Å². The van der Waals surface area contributed by atoms with E-state index in [1.54, 1.807) is 37.3 Å². The molecule has 23 heavy (non-hydrogen) atoms. The fourth-order valence-electron chi connectivity index (χ4n) is 1.87. The lowest BCUT2D eigenvalue weighted by Crippen LogP contribution is -2.28. The van der Waals surface area contributed by atoms with Crippen molar-refractivity contribution in [2.24, 2.45) is 5.92 Å². The maximum Gasteiger partial charge on any atom is 0.253 e. The number of carbonyl (C=O) groups excluding carboxylic acids is 2. The first-order valence-corrected chi connectivity index (χ1v) is 7.85. The van der Waals surface area contributed by atoms with Crippen molar-refractivity contribution < 1.29 is 14.3 Å². The molecule has 0 radical (unpaired) electrons. The molecule has 0 aliphatic heterocycles. The summed E-state index contributed by atoms with van der Waals surface area (Å²) in [6, 6.07) is 7.02. The Morgan fingerprint density at radius 2 is 1.70 bits per heavy atom. The maximum atomic E-state index is 12.0. The first-order chi connectivity index (χ1) is 10.9. The highest BCUT2D eigenvalue weighted by molar-refractivity contribution is 5.94. The van der Waals surface area contributed by atoms with Crippen LogP contribution in [-0.2, 0) is 14.3 Å². The highest BCUT2D eigenvalue weighted by atomic mass is 16.5. The zero-order valence-corrected chi connectivity index (χ0v) is 14.1. The van der Waals surface area contributed by atoms with Gasteiger partial charge in [-0.15, -0.1) is 6.58 Å². The van der Waals surface area contributed by atoms with Crippen LogP contribution in [-0.4, -0.2) is 24.5 Å². The standard InChI is InChI=1S/C18H26N2O3/c1-5-6-11-23-14(4)18(22)20-16-9-7-15(8-10-16)19-17(21)12-13(2)3/h5,7-10,13-14H,1,6,11-12H2,2-4H3,(H,19,21)(H,20,22)/t14-/m0/s1. The lowest BCUT2D eigenvalue weighted by atomic mass is 10.1. The number of carbonyl (C=O) groups is 2. The summed E-state index contributed by atoms with van der Waals surface area (Å²) >= 11 is 0. The van der Waals surface area contributed by atoms with Crippen LogP contribution in [0.15, 0.2) is 36.9 Å². The Kier molecular flexibility index (Phi) is 8.05. The third-order valence-corrected chi connectivity index (χ3v) is 3.09. The topological polar surface area (TPSA) is 67.4 Å². The summed E-state index contributed by atoms with van der Waals surface area (Å²) in [5, 5.41) is 5.60. The molecule has 0 bridgehead atoms. The molecule has 1 aromatic carbocycles. The molecule has 0 heterocycles. The third-order valence-electron chi connectivity index (χ3n) is 3.09. The van der Waals surface area contributed by atoms with Gasteiger partial charge in [0, 0.05) is 17.8 Å². The lowest BCUT2D eigenvalue weighted by molar-refractivity contribution is -0.126. The van der Waals surface area contributed by atoms with Crippen LogP contribution in [0.3, 0.4) is 0 Å². The van der Waals surface area contributed by atoms with Crippen LogP contribution in [0.5, 0.6) is 0 Å². The summed E-state index contributed by atoms with van der Waals surface area (Å²) in [5.41, 5.74) is 1.37. The van der Waals surface area contributed by atoms with Gasteiger partial charge in [-0.3, -0.25) is 9.59 Å². The Hall–Kier alpha value is -2.14. The maximum absolute atomic E-state index is 12.0. The number of nitrogens with one attached hydrogen (secondary N) is 2. The molecular weight excluding hydrogens is 292 g/mol. The van der Waals surface area contributed by atoms with Gasteiger partial charge in [-0.25, -0.2) is 0 Å². The minimum atomic E-state index is -0.527. The van der Waals surface area contributed by atoms with Crippen LogP contribution < -0.4 is 10.6 Å². The molecule has 0 saturated carbocycles. The van der Waals surface area contributed by atoms with Gasteiger partial charge >= 0.3 is 0 Å². The fourth-order valence-corrected chi connectivity index (χ4v) is 1.87. The van der Waals surface area contributed by atoms with Crippen molar-refractivity contribution in [1.29, 1.82) is 0 Å². The van der Waals surface area contributed by atoms with Crippen molar-refractivity contribution in [3.8, 4) is 0 Å². The van der Waals surface area contributed by atoms with Crippen molar-refractivity contribution in [3.63, 3.8) is 0 Å². The molecule has 0 saturated heterocycles. The summed E-state index contributed by atoms with van der Waals surface area (Å²) in [7, 11) is 0. The van der Waals surface area contributed by atoms with Crippen molar-refractivity contribution >= 4 is 23.2 Å². The van der Waals surface area contributed by atoms with E-state index in [-0.39, 0.29) is 11.8 Å². The Balaban J connectivity index is 2.48.